The number of hydrogen-bond donors (Lipinski definition) is 1. The molecule has 0 aliphatic carbocycles. The molecule has 3 heterocycles. The molecule has 2 aliphatic rings. The molecule has 2 aromatic carbocycles. The van der Waals surface area contributed by atoms with Gasteiger partial charge >= 0.3 is 0 Å². The molecule has 7 nitrogen and oxygen atoms in total. The number of carbonyl (C=O) groups excluding carboxylic acids is 1. The number of morpholine rings is 1. The highest BCUT2D eigenvalue weighted by atomic mass is 16.5. The molecule has 34 heavy (non-hydrogen) atoms. The van der Waals surface area contributed by atoms with E-state index in [2.05, 4.69) is 68.6 Å². The highest BCUT2D eigenvalue weighted by Gasteiger charge is 2.27. The number of anilines is 3. The smallest absolute Gasteiger partial charge is 0.229 e. The predicted octanol–water partition coefficient (Wildman–Crippen LogP) is 4.14. The number of piperidine rings is 1. The number of benzene rings is 2. The molecule has 1 N–H and O–H groups in total. The van der Waals surface area contributed by atoms with Crippen LogP contribution in [0.5, 0.6) is 0 Å². The van der Waals surface area contributed by atoms with Crippen LogP contribution in [-0.2, 0) is 9.53 Å². The first kappa shape index (κ1) is 22.3. The Bertz CT molecular complexity index is 1090. The lowest BCUT2D eigenvalue weighted by atomic mass is 9.97. The van der Waals surface area contributed by atoms with Gasteiger partial charge in [0.05, 0.1) is 24.8 Å². The van der Waals surface area contributed by atoms with Crippen molar-refractivity contribution >= 4 is 23.1 Å². The van der Waals surface area contributed by atoms with Gasteiger partial charge in [-0.05, 0) is 56.2 Å². The number of rotatable bonds is 5. The molecule has 0 radical (unpaired) electrons. The number of ether oxygens (including phenoxy) is 1. The van der Waals surface area contributed by atoms with Gasteiger partial charge in [0.15, 0.2) is 5.82 Å². The van der Waals surface area contributed by atoms with Crippen LogP contribution in [0.4, 0.5) is 17.2 Å². The Morgan fingerprint density at radius 3 is 2.38 bits per heavy atom. The van der Waals surface area contributed by atoms with Gasteiger partial charge in [-0.15, -0.1) is 10.2 Å². The molecule has 1 amide bonds. The van der Waals surface area contributed by atoms with Gasteiger partial charge in [0.1, 0.15) is 0 Å². The molecule has 0 saturated carbocycles. The maximum atomic E-state index is 13.0. The van der Waals surface area contributed by atoms with E-state index in [1.165, 1.54) is 5.56 Å². The summed E-state index contributed by atoms with van der Waals surface area (Å²) >= 11 is 0. The molecule has 2 saturated heterocycles. The van der Waals surface area contributed by atoms with Crippen LogP contribution >= 0.6 is 0 Å². The molecule has 3 aromatic rings. The van der Waals surface area contributed by atoms with E-state index >= 15 is 0 Å². The SMILES string of the molecule is Cc1ccc(-c2ccc(N3CCC[C@@H](C(=O)Nc4ccc(N5CCOCC5)cc4)C3)nn2)cc1. The molecule has 1 aromatic heterocycles. The van der Waals surface area contributed by atoms with E-state index < -0.39 is 0 Å². The van der Waals surface area contributed by atoms with Gasteiger partial charge < -0.3 is 19.9 Å². The van der Waals surface area contributed by atoms with Gasteiger partial charge in [-0.2, -0.15) is 0 Å². The zero-order chi connectivity index (χ0) is 23.3. The first-order valence-electron chi connectivity index (χ1n) is 12.0. The van der Waals surface area contributed by atoms with Crippen molar-refractivity contribution in [2.75, 3.05) is 54.5 Å². The zero-order valence-electron chi connectivity index (χ0n) is 19.6. The topological polar surface area (TPSA) is 70.6 Å². The third kappa shape index (κ3) is 5.20. The van der Waals surface area contributed by atoms with Gasteiger partial charge in [-0.3, -0.25) is 4.79 Å². The molecule has 0 spiro atoms. The van der Waals surface area contributed by atoms with Gasteiger partial charge in [0, 0.05) is 43.1 Å². The lowest BCUT2D eigenvalue weighted by Gasteiger charge is -2.32. The highest BCUT2D eigenvalue weighted by molar-refractivity contribution is 5.93. The summed E-state index contributed by atoms with van der Waals surface area (Å²) in [5, 5.41) is 12.0. The Balaban J connectivity index is 1.19. The molecule has 7 heteroatoms. The summed E-state index contributed by atoms with van der Waals surface area (Å²) < 4.78 is 5.42. The third-order valence-electron chi connectivity index (χ3n) is 6.63. The third-order valence-corrected chi connectivity index (χ3v) is 6.63. The maximum Gasteiger partial charge on any atom is 0.229 e. The van der Waals surface area contributed by atoms with E-state index in [-0.39, 0.29) is 11.8 Å². The van der Waals surface area contributed by atoms with Crippen molar-refractivity contribution in [1.82, 2.24) is 10.2 Å². The molecule has 0 unspecified atom stereocenters. The van der Waals surface area contributed by atoms with Gasteiger partial charge in [-0.25, -0.2) is 0 Å². The quantitative estimate of drug-likeness (QED) is 0.621. The van der Waals surface area contributed by atoms with Crippen LogP contribution in [0.2, 0.25) is 0 Å². The second-order valence-electron chi connectivity index (χ2n) is 9.06. The fourth-order valence-electron chi connectivity index (χ4n) is 4.59. The van der Waals surface area contributed by atoms with E-state index in [1.807, 2.05) is 24.3 Å². The standard InChI is InChI=1S/C27H31N5O2/c1-20-4-6-21(7-5-20)25-12-13-26(30-29-25)32-14-2-3-22(19-32)27(33)28-23-8-10-24(11-9-23)31-15-17-34-18-16-31/h4-13,22H,2-3,14-19H2,1H3,(H,28,33)/t22-/m1/s1. The van der Waals surface area contributed by atoms with E-state index in [0.717, 1.165) is 74.1 Å². The Morgan fingerprint density at radius 1 is 0.912 bits per heavy atom. The predicted molar refractivity (Wildman–Crippen MR) is 135 cm³/mol. The summed E-state index contributed by atoms with van der Waals surface area (Å²) in [6, 6.07) is 20.4. The van der Waals surface area contributed by atoms with Gasteiger partial charge in [0.25, 0.3) is 0 Å². The summed E-state index contributed by atoms with van der Waals surface area (Å²) in [5.74, 6) is 0.808. The number of carbonyl (C=O) groups is 1. The van der Waals surface area contributed by atoms with Crippen molar-refractivity contribution in [3.05, 3.63) is 66.2 Å². The summed E-state index contributed by atoms with van der Waals surface area (Å²) in [6.45, 7) is 6.93. The minimum absolute atomic E-state index is 0.0630. The van der Waals surface area contributed by atoms with E-state index in [1.54, 1.807) is 0 Å². The monoisotopic (exact) mass is 457 g/mol. The van der Waals surface area contributed by atoms with Gasteiger partial charge in [0.2, 0.25) is 5.91 Å². The van der Waals surface area contributed by atoms with Crippen molar-refractivity contribution < 1.29 is 9.53 Å². The van der Waals surface area contributed by atoms with Crippen molar-refractivity contribution in [1.29, 1.82) is 0 Å². The Kier molecular flexibility index (Phi) is 6.72. The number of amides is 1. The number of nitrogens with one attached hydrogen (secondary N) is 1. The largest absolute Gasteiger partial charge is 0.378 e. The number of hydrogen-bond acceptors (Lipinski definition) is 6. The van der Waals surface area contributed by atoms with Crippen molar-refractivity contribution in [3.8, 4) is 11.3 Å². The minimum Gasteiger partial charge on any atom is -0.378 e. The van der Waals surface area contributed by atoms with Crippen LogP contribution in [-0.4, -0.2) is 55.5 Å². The lowest BCUT2D eigenvalue weighted by Crippen LogP contribution is -2.41. The second-order valence-corrected chi connectivity index (χ2v) is 9.06. The number of nitrogens with zero attached hydrogens (tertiary/aromatic N) is 4. The van der Waals surface area contributed by atoms with Crippen LogP contribution in [0.1, 0.15) is 18.4 Å². The maximum absolute atomic E-state index is 13.0. The lowest BCUT2D eigenvalue weighted by molar-refractivity contribution is -0.120. The average Bonchev–Trinajstić information content (AvgIpc) is 2.90. The fraction of sp³-hybridized carbons (Fsp3) is 0.370. The molecular weight excluding hydrogens is 426 g/mol. The molecule has 5 rings (SSSR count). The minimum atomic E-state index is -0.0776. The van der Waals surface area contributed by atoms with Crippen LogP contribution in [0, 0.1) is 12.8 Å². The van der Waals surface area contributed by atoms with Crippen LogP contribution in [0.25, 0.3) is 11.3 Å². The van der Waals surface area contributed by atoms with Crippen LogP contribution < -0.4 is 15.1 Å². The normalized spacial score (nSPS) is 18.6. The van der Waals surface area contributed by atoms with Crippen molar-refractivity contribution in [2.24, 2.45) is 5.92 Å². The summed E-state index contributed by atoms with van der Waals surface area (Å²) in [6.07, 6.45) is 1.83. The summed E-state index contributed by atoms with van der Waals surface area (Å²) in [5.41, 5.74) is 5.13. The summed E-state index contributed by atoms with van der Waals surface area (Å²) in [7, 11) is 0. The molecule has 0 bridgehead atoms. The Hall–Kier alpha value is -3.45. The Morgan fingerprint density at radius 2 is 1.68 bits per heavy atom. The summed E-state index contributed by atoms with van der Waals surface area (Å²) in [4.78, 5) is 17.5. The number of aryl methyl sites for hydroxylation is 1. The molecule has 1 atom stereocenters. The Labute approximate surface area is 200 Å². The first-order valence-corrected chi connectivity index (χ1v) is 12.0. The van der Waals surface area contributed by atoms with E-state index in [0.29, 0.717) is 6.54 Å². The molecular formula is C27H31N5O2. The van der Waals surface area contributed by atoms with Gasteiger partial charge in [-0.1, -0.05) is 29.8 Å². The molecule has 2 aliphatic heterocycles. The van der Waals surface area contributed by atoms with Crippen molar-refractivity contribution in [3.63, 3.8) is 0 Å². The number of aromatic nitrogens is 2. The highest BCUT2D eigenvalue weighted by Crippen LogP contribution is 2.25. The van der Waals surface area contributed by atoms with E-state index in [4.69, 9.17) is 4.74 Å². The molecule has 176 valence electrons. The average molecular weight is 458 g/mol. The van der Waals surface area contributed by atoms with Crippen LogP contribution in [0.3, 0.4) is 0 Å². The first-order chi connectivity index (χ1) is 16.7. The fourth-order valence-corrected chi connectivity index (χ4v) is 4.59. The molecule has 2 fully saturated rings. The van der Waals surface area contributed by atoms with E-state index in [9.17, 15) is 4.79 Å². The zero-order valence-corrected chi connectivity index (χ0v) is 19.6. The second kappa shape index (κ2) is 10.2. The van der Waals surface area contributed by atoms with Crippen molar-refractivity contribution in [2.45, 2.75) is 19.8 Å². The van der Waals surface area contributed by atoms with Crippen LogP contribution in [0.15, 0.2) is 60.7 Å².